The Morgan fingerprint density at radius 1 is 1.58 bits per heavy atom. The SMILES string of the molecule is CCC(NCC1(O)CCOC1C)c1cccc(F)c1. The minimum Gasteiger partial charge on any atom is -0.386 e. The van der Waals surface area contributed by atoms with Gasteiger partial charge in [-0.3, -0.25) is 0 Å². The highest BCUT2D eigenvalue weighted by atomic mass is 19.1. The summed E-state index contributed by atoms with van der Waals surface area (Å²) < 4.78 is 18.7. The molecule has 1 aliphatic rings. The van der Waals surface area contributed by atoms with Crippen molar-refractivity contribution >= 4 is 0 Å². The zero-order valence-electron chi connectivity index (χ0n) is 11.5. The summed E-state index contributed by atoms with van der Waals surface area (Å²) in [6, 6.07) is 6.65. The third-order valence-electron chi connectivity index (χ3n) is 3.97. The number of ether oxygens (including phenoxy) is 1. The van der Waals surface area contributed by atoms with Gasteiger partial charge in [-0.15, -0.1) is 0 Å². The van der Waals surface area contributed by atoms with Crippen molar-refractivity contribution in [2.24, 2.45) is 0 Å². The molecule has 1 fully saturated rings. The van der Waals surface area contributed by atoms with E-state index in [2.05, 4.69) is 5.32 Å². The molecule has 3 unspecified atom stereocenters. The molecule has 0 aromatic heterocycles. The van der Waals surface area contributed by atoms with Crippen molar-refractivity contribution in [2.45, 2.75) is 44.4 Å². The van der Waals surface area contributed by atoms with E-state index < -0.39 is 5.60 Å². The van der Waals surface area contributed by atoms with E-state index >= 15 is 0 Å². The van der Waals surface area contributed by atoms with Crippen molar-refractivity contribution in [3.63, 3.8) is 0 Å². The van der Waals surface area contributed by atoms with Crippen LogP contribution < -0.4 is 5.32 Å². The smallest absolute Gasteiger partial charge is 0.123 e. The first-order valence-corrected chi connectivity index (χ1v) is 6.88. The van der Waals surface area contributed by atoms with Crippen molar-refractivity contribution in [2.75, 3.05) is 13.2 Å². The van der Waals surface area contributed by atoms with Gasteiger partial charge in [0, 0.05) is 25.6 Å². The Morgan fingerprint density at radius 3 is 2.95 bits per heavy atom. The van der Waals surface area contributed by atoms with Gasteiger partial charge in [-0.1, -0.05) is 19.1 Å². The standard InChI is InChI=1S/C15H22FNO2/c1-3-14(12-5-4-6-13(16)9-12)17-10-15(18)7-8-19-11(15)2/h4-6,9,11,14,17-18H,3,7-8,10H2,1-2H3. The lowest BCUT2D eigenvalue weighted by atomic mass is 9.95. The van der Waals surface area contributed by atoms with Gasteiger partial charge >= 0.3 is 0 Å². The van der Waals surface area contributed by atoms with Crippen LogP contribution in [0.4, 0.5) is 4.39 Å². The Balaban J connectivity index is 2.00. The lowest BCUT2D eigenvalue weighted by Gasteiger charge is -2.29. The zero-order chi connectivity index (χ0) is 13.9. The molecule has 1 aliphatic heterocycles. The second kappa shape index (κ2) is 5.99. The molecule has 3 nitrogen and oxygen atoms in total. The van der Waals surface area contributed by atoms with Gasteiger partial charge in [0.05, 0.1) is 6.10 Å². The highest BCUT2D eigenvalue weighted by Gasteiger charge is 2.39. The summed E-state index contributed by atoms with van der Waals surface area (Å²) in [5.74, 6) is -0.228. The van der Waals surface area contributed by atoms with Crippen molar-refractivity contribution in [3.05, 3.63) is 35.6 Å². The average molecular weight is 267 g/mol. The molecule has 106 valence electrons. The van der Waals surface area contributed by atoms with Crippen LogP contribution in [0, 0.1) is 5.82 Å². The Bertz CT molecular complexity index is 426. The van der Waals surface area contributed by atoms with Gasteiger partial charge in [0.1, 0.15) is 11.4 Å². The normalized spacial score (nSPS) is 28.5. The predicted molar refractivity (Wildman–Crippen MR) is 72.4 cm³/mol. The lowest BCUT2D eigenvalue weighted by Crippen LogP contribution is -2.46. The fourth-order valence-electron chi connectivity index (χ4n) is 2.52. The van der Waals surface area contributed by atoms with E-state index in [4.69, 9.17) is 4.74 Å². The van der Waals surface area contributed by atoms with Crippen molar-refractivity contribution in [3.8, 4) is 0 Å². The maximum atomic E-state index is 13.2. The van der Waals surface area contributed by atoms with Crippen LogP contribution in [0.2, 0.25) is 0 Å². The minimum absolute atomic E-state index is 0.0486. The summed E-state index contributed by atoms with van der Waals surface area (Å²) in [5, 5.41) is 13.8. The topological polar surface area (TPSA) is 41.5 Å². The zero-order valence-corrected chi connectivity index (χ0v) is 11.5. The summed E-state index contributed by atoms with van der Waals surface area (Å²) in [6.45, 7) is 4.98. The van der Waals surface area contributed by atoms with Crippen LogP contribution in [-0.4, -0.2) is 30.0 Å². The van der Waals surface area contributed by atoms with Crippen molar-refractivity contribution in [1.82, 2.24) is 5.32 Å². The Morgan fingerprint density at radius 2 is 2.37 bits per heavy atom. The number of hydrogen-bond donors (Lipinski definition) is 2. The largest absolute Gasteiger partial charge is 0.386 e. The molecule has 3 atom stereocenters. The maximum Gasteiger partial charge on any atom is 0.123 e. The van der Waals surface area contributed by atoms with Crippen LogP contribution in [0.15, 0.2) is 24.3 Å². The number of nitrogens with one attached hydrogen (secondary N) is 1. The first-order valence-electron chi connectivity index (χ1n) is 6.88. The molecule has 0 aliphatic carbocycles. The van der Waals surface area contributed by atoms with Gasteiger partial charge < -0.3 is 15.2 Å². The molecular weight excluding hydrogens is 245 g/mol. The molecular formula is C15H22FNO2. The van der Waals surface area contributed by atoms with Gasteiger partial charge in [0.2, 0.25) is 0 Å². The van der Waals surface area contributed by atoms with Gasteiger partial charge in [0.25, 0.3) is 0 Å². The first-order chi connectivity index (χ1) is 9.05. The van der Waals surface area contributed by atoms with Gasteiger partial charge in [-0.25, -0.2) is 4.39 Å². The molecule has 1 heterocycles. The van der Waals surface area contributed by atoms with E-state index in [1.54, 1.807) is 12.1 Å². The van der Waals surface area contributed by atoms with E-state index in [9.17, 15) is 9.50 Å². The number of hydrogen-bond acceptors (Lipinski definition) is 3. The summed E-state index contributed by atoms with van der Waals surface area (Å²) in [7, 11) is 0. The summed E-state index contributed by atoms with van der Waals surface area (Å²) >= 11 is 0. The summed E-state index contributed by atoms with van der Waals surface area (Å²) in [4.78, 5) is 0. The van der Waals surface area contributed by atoms with E-state index in [0.717, 1.165) is 12.0 Å². The molecule has 2 rings (SSSR count). The summed E-state index contributed by atoms with van der Waals surface area (Å²) in [5.41, 5.74) is 0.0958. The summed E-state index contributed by atoms with van der Waals surface area (Å²) in [6.07, 6.45) is 1.32. The number of halogens is 1. The number of benzene rings is 1. The molecule has 0 amide bonds. The van der Waals surface area contributed by atoms with E-state index in [0.29, 0.717) is 19.6 Å². The van der Waals surface area contributed by atoms with Crippen LogP contribution in [0.25, 0.3) is 0 Å². The monoisotopic (exact) mass is 267 g/mol. The van der Waals surface area contributed by atoms with Gasteiger partial charge in [0.15, 0.2) is 0 Å². The van der Waals surface area contributed by atoms with Crippen LogP contribution in [-0.2, 0) is 4.74 Å². The molecule has 19 heavy (non-hydrogen) atoms. The second-order valence-corrected chi connectivity index (χ2v) is 5.26. The first kappa shape index (κ1) is 14.4. The molecule has 0 bridgehead atoms. The highest BCUT2D eigenvalue weighted by molar-refractivity contribution is 5.20. The van der Waals surface area contributed by atoms with Crippen LogP contribution in [0.3, 0.4) is 0 Å². The molecule has 4 heteroatoms. The van der Waals surface area contributed by atoms with Gasteiger partial charge in [-0.05, 0) is 31.0 Å². The van der Waals surface area contributed by atoms with Crippen molar-refractivity contribution in [1.29, 1.82) is 0 Å². The Labute approximate surface area is 113 Å². The fourth-order valence-corrected chi connectivity index (χ4v) is 2.52. The highest BCUT2D eigenvalue weighted by Crippen LogP contribution is 2.26. The number of aliphatic hydroxyl groups is 1. The van der Waals surface area contributed by atoms with E-state index in [1.165, 1.54) is 6.07 Å². The lowest BCUT2D eigenvalue weighted by molar-refractivity contribution is -0.0277. The van der Waals surface area contributed by atoms with Crippen LogP contribution in [0.1, 0.15) is 38.3 Å². The van der Waals surface area contributed by atoms with Gasteiger partial charge in [-0.2, -0.15) is 0 Å². The third kappa shape index (κ3) is 3.32. The molecule has 2 N–H and O–H groups in total. The minimum atomic E-state index is -0.819. The Hall–Kier alpha value is -0.970. The predicted octanol–water partition coefficient (Wildman–Crippen LogP) is 2.41. The fraction of sp³-hybridized carbons (Fsp3) is 0.600. The molecule has 1 aromatic carbocycles. The number of rotatable bonds is 5. The van der Waals surface area contributed by atoms with Crippen LogP contribution >= 0.6 is 0 Å². The Kier molecular flexibility index (Phi) is 4.55. The molecule has 0 spiro atoms. The van der Waals surface area contributed by atoms with Crippen LogP contribution in [0.5, 0.6) is 0 Å². The molecule has 0 radical (unpaired) electrons. The molecule has 1 saturated heterocycles. The maximum absolute atomic E-state index is 13.2. The average Bonchev–Trinajstić information content (AvgIpc) is 2.71. The van der Waals surface area contributed by atoms with E-state index in [-0.39, 0.29) is 18.0 Å². The quantitative estimate of drug-likeness (QED) is 0.861. The molecule has 1 aromatic rings. The molecule has 0 saturated carbocycles. The van der Waals surface area contributed by atoms with E-state index in [1.807, 2.05) is 19.9 Å². The second-order valence-electron chi connectivity index (χ2n) is 5.26. The third-order valence-corrected chi connectivity index (χ3v) is 3.97. The van der Waals surface area contributed by atoms with Crippen molar-refractivity contribution < 1.29 is 14.2 Å².